The van der Waals surface area contributed by atoms with Crippen LogP contribution in [0.3, 0.4) is 0 Å². The Labute approximate surface area is 192 Å². The standard InChI is InChI=1S/C25H26ClN3O3/c1-15-9-11-28(12-10-15)23(30)18-5-4-6-19(14-18)27-22-21(26)24(31)29(25(22)32)20-8-7-16(2)13-17(20)3/h4-8,13-15,27H,9-12H2,1-3H3. The third kappa shape index (κ3) is 4.15. The SMILES string of the molecule is Cc1ccc(N2C(=O)C(Cl)=C(Nc3cccc(C(=O)N4CCC(C)CC4)c3)C2=O)c(C)c1. The van der Waals surface area contributed by atoms with Crippen LogP contribution >= 0.6 is 11.6 Å². The van der Waals surface area contributed by atoms with Crippen molar-refractivity contribution in [3.8, 4) is 0 Å². The number of nitrogens with one attached hydrogen (secondary N) is 1. The van der Waals surface area contributed by atoms with Crippen LogP contribution in [0.15, 0.2) is 53.2 Å². The summed E-state index contributed by atoms with van der Waals surface area (Å²) in [6, 6.07) is 12.4. The normalized spacial score (nSPS) is 17.4. The van der Waals surface area contributed by atoms with Crippen molar-refractivity contribution in [3.63, 3.8) is 0 Å². The Kier molecular flexibility index (Phi) is 6.07. The molecule has 0 spiro atoms. The van der Waals surface area contributed by atoms with Gasteiger partial charge in [0.25, 0.3) is 17.7 Å². The van der Waals surface area contributed by atoms with Gasteiger partial charge in [0.15, 0.2) is 0 Å². The van der Waals surface area contributed by atoms with Crippen molar-refractivity contribution in [1.29, 1.82) is 0 Å². The Morgan fingerprint density at radius 2 is 1.75 bits per heavy atom. The number of aryl methyl sites for hydroxylation is 2. The number of hydrogen-bond donors (Lipinski definition) is 1. The van der Waals surface area contributed by atoms with E-state index in [2.05, 4.69) is 12.2 Å². The van der Waals surface area contributed by atoms with E-state index >= 15 is 0 Å². The molecule has 1 fully saturated rings. The molecule has 2 aromatic rings. The Morgan fingerprint density at radius 3 is 2.44 bits per heavy atom. The highest BCUT2D eigenvalue weighted by molar-refractivity contribution is 6.53. The van der Waals surface area contributed by atoms with Crippen LogP contribution in [-0.4, -0.2) is 35.7 Å². The summed E-state index contributed by atoms with van der Waals surface area (Å²) in [4.78, 5) is 41.7. The maximum Gasteiger partial charge on any atom is 0.283 e. The fraction of sp³-hybridized carbons (Fsp3) is 0.320. The number of hydrogen-bond acceptors (Lipinski definition) is 4. The molecule has 6 nitrogen and oxygen atoms in total. The van der Waals surface area contributed by atoms with Crippen molar-refractivity contribution in [2.24, 2.45) is 5.92 Å². The minimum absolute atomic E-state index is 0.00744. The Morgan fingerprint density at radius 1 is 1.03 bits per heavy atom. The van der Waals surface area contributed by atoms with Gasteiger partial charge in [-0.25, -0.2) is 4.90 Å². The average molecular weight is 452 g/mol. The lowest BCUT2D eigenvalue weighted by molar-refractivity contribution is -0.120. The maximum absolute atomic E-state index is 13.1. The van der Waals surface area contributed by atoms with Gasteiger partial charge in [-0.2, -0.15) is 0 Å². The summed E-state index contributed by atoms with van der Waals surface area (Å²) in [5.41, 5.74) is 3.41. The lowest BCUT2D eigenvalue weighted by Gasteiger charge is -2.30. The molecule has 0 bridgehead atoms. The van der Waals surface area contributed by atoms with Crippen molar-refractivity contribution in [1.82, 2.24) is 4.90 Å². The zero-order valence-electron chi connectivity index (χ0n) is 18.4. The van der Waals surface area contributed by atoms with E-state index in [0.717, 1.165) is 42.0 Å². The zero-order valence-corrected chi connectivity index (χ0v) is 19.2. The van der Waals surface area contributed by atoms with Crippen molar-refractivity contribution in [2.75, 3.05) is 23.3 Å². The number of amides is 3. The Hall–Kier alpha value is -3.12. The second-order valence-electron chi connectivity index (χ2n) is 8.61. The fourth-order valence-corrected chi connectivity index (χ4v) is 4.37. The first-order chi connectivity index (χ1) is 15.3. The molecular weight excluding hydrogens is 426 g/mol. The number of carbonyl (C=O) groups excluding carboxylic acids is 3. The molecule has 4 rings (SSSR count). The minimum atomic E-state index is -0.569. The number of carbonyl (C=O) groups is 3. The molecule has 0 saturated carbocycles. The molecule has 2 aliphatic rings. The number of piperidine rings is 1. The predicted octanol–water partition coefficient (Wildman–Crippen LogP) is 4.61. The lowest BCUT2D eigenvalue weighted by Crippen LogP contribution is -2.37. The largest absolute Gasteiger partial charge is 0.350 e. The highest BCUT2D eigenvalue weighted by Crippen LogP contribution is 2.32. The summed E-state index contributed by atoms with van der Waals surface area (Å²) >= 11 is 6.27. The molecule has 32 heavy (non-hydrogen) atoms. The van der Waals surface area contributed by atoms with Crippen molar-refractivity contribution < 1.29 is 14.4 Å². The van der Waals surface area contributed by atoms with Gasteiger partial charge in [0.2, 0.25) is 0 Å². The van der Waals surface area contributed by atoms with Gasteiger partial charge in [0.1, 0.15) is 10.7 Å². The van der Waals surface area contributed by atoms with E-state index in [0.29, 0.717) is 22.9 Å². The van der Waals surface area contributed by atoms with Crippen molar-refractivity contribution >= 4 is 40.7 Å². The summed E-state index contributed by atoms with van der Waals surface area (Å²) in [6.45, 7) is 7.48. The van der Waals surface area contributed by atoms with Crippen LogP contribution in [0, 0.1) is 19.8 Å². The molecule has 0 radical (unpaired) electrons. The maximum atomic E-state index is 13.1. The van der Waals surface area contributed by atoms with Crippen LogP contribution in [-0.2, 0) is 9.59 Å². The van der Waals surface area contributed by atoms with E-state index in [1.165, 1.54) is 0 Å². The molecule has 2 aromatic carbocycles. The van der Waals surface area contributed by atoms with E-state index in [-0.39, 0.29) is 16.6 Å². The fourth-order valence-electron chi connectivity index (χ4n) is 4.15. The molecule has 7 heteroatoms. The Balaban J connectivity index is 1.55. The average Bonchev–Trinajstić information content (AvgIpc) is 2.97. The predicted molar refractivity (Wildman–Crippen MR) is 126 cm³/mol. The van der Waals surface area contributed by atoms with Gasteiger partial charge in [-0.15, -0.1) is 0 Å². The molecule has 0 atom stereocenters. The second kappa shape index (κ2) is 8.79. The van der Waals surface area contributed by atoms with Crippen LogP contribution in [0.2, 0.25) is 0 Å². The lowest BCUT2D eigenvalue weighted by atomic mass is 9.98. The molecule has 166 valence electrons. The molecular formula is C25H26ClN3O3. The summed E-state index contributed by atoms with van der Waals surface area (Å²) in [5, 5.41) is 2.80. The molecule has 3 amide bonds. The molecule has 2 aliphatic heterocycles. The summed E-state index contributed by atoms with van der Waals surface area (Å²) in [6.07, 6.45) is 1.99. The number of likely N-dealkylation sites (tertiary alicyclic amines) is 1. The number of halogens is 1. The van der Waals surface area contributed by atoms with Crippen LogP contribution in [0.25, 0.3) is 0 Å². The van der Waals surface area contributed by atoms with E-state index in [1.54, 1.807) is 30.3 Å². The number of nitrogens with zero attached hydrogens (tertiary/aromatic N) is 2. The van der Waals surface area contributed by atoms with Gasteiger partial charge in [0.05, 0.1) is 5.69 Å². The molecule has 1 saturated heterocycles. The topological polar surface area (TPSA) is 69.7 Å². The molecule has 2 heterocycles. The molecule has 0 unspecified atom stereocenters. The van der Waals surface area contributed by atoms with Gasteiger partial charge >= 0.3 is 0 Å². The Bertz CT molecular complexity index is 1130. The van der Waals surface area contributed by atoms with Gasteiger partial charge < -0.3 is 10.2 Å². The number of imide groups is 1. The van der Waals surface area contributed by atoms with Crippen LogP contribution in [0.4, 0.5) is 11.4 Å². The monoisotopic (exact) mass is 451 g/mol. The highest BCUT2D eigenvalue weighted by Gasteiger charge is 2.39. The van der Waals surface area contributed by atoms with Crippen LogP contribution in [0.1, 0.15) is 41.3 Å². The highest BCUT2D eigenvalue weighted by atomic mass is 35.5. The van der Waals surface area contributed by atoms with Crippen molar-refractivity contribution in [2.45, 2.75) is 33.6 Å². The third-order valence-corrected chi connectivity index (χ3v) is 6.42. The second-order valence-corrected chi connectivity index (χ2v) is 8.98. The summed E-state index contributed by atoms with van der Waals surface area (Å²) in [7, 11) is 0. The summed E-state index contributed by atoms with van der Waals surface area (Å²) < 4.78 is 0. The number of anilines is 2. The number of benzene rings is 2. The molecule has 0 aliphatic carbocycles. The van der Waals surface area contributed by atoms with E-state index in [1.807, 2.05) is 30.9 Å². The first kappa shape index (κ1) is 22.1. The van der Waals surface area contributed by atoms with Gasteiger partial charge in [-0.3, -0.25) is 14.4 Å². The van der Waals surface area contributed by atoms with Crippen LogP contribution in [0.5, 0.6) is 0 Å². The first-order valence-corrected chi connectivity index (χ1v) is 11.2. The minimum Gasteiger partial charge on any atom is -0.350 e. The van der Waals surface area contributed by atoms with Gasteiger partial charge in [0, 0.05) is 24.3 Å². The smallest absolute Gasteiger partial charge is 0.283 e. The van der Waals surface area contributed by atoms with Crippen molar-refractivity contribution in [3.05, 3.63) is 69.9 Å². The van der Waals surface area contributed by atoms with Gasteiger partial charge in [-0.05, 0) is 62.4 Å². The zero-order chi connectivity index (χ0) is 23.0. The summed E-state index contributed by atoms with van der Waals surface area (Å²) in [5.74, 6) is -0.493. The number of rotatable bonds is 4. The van der Waals surface area contributed by atoms with Gasteiger partial charge in [-0.1, -0.05) is 42.3 Å². The third-order valence-electron chi connectivity index (χ3n) is 6.07. The van der Waals surface area contributed by atoms with E-state index in [4.69, 9.17) is 11.6 Å². The molecule has 1 N–H and O–H groups in total. The molecule has 0 aromatic heterocycles. The first-order valence-electron chi connectivity index (χ1n) is 10.8. The van der Waals surface area contributed by atoms with E-state index in [9.17, 15) is 14.4 Å². The quantitative estimate of drug-likeness (QED) is 0.689. The van der Waals surface area contributed by atoms with E-state index < -0.39 is 11.8 Å². The van der Waals surface area contributed by atoms with Crippen LogP contribution < -0.4 is 10.2 Å².